The molecule has 3 atom stereocenters. The Morgan fingerprint density at radius 3 is 2.36 bits per heavy atom. The Morgan fingerprint density at radius 2 is 1.66 bits per heavy atom. The molecule has 11 heteroatoms. The van der Waals surface area contributed by atoms with Gasteiger partial charge in [-0.3, -0.25) is 0 Å². The van der Waals surface area contributed by atoms with Gasteiger partial charge in [0.1, 0.15) is 16.7 Å². The molecule has 1 N–H and O–H groups in total. The number of esters is 1. The van der Waals surface area contributed by atoms with Crippen LogP contribution >= 0.6 is 0 Å². The summed E-state index contributed by atoms with van der Waals surface area (Å²) in [6, 6.07) is 11.7. The van der Waals surface area contributed by atoms with Crippen LogP contribution in [0.15, 0.2) is 51.7 Å². The molecule has 0 saturated carbocycles. The van der Waals surface area contributed by atoms with Gasteiger partial charge in [-0.05, 0) is 49.1 Å². The van der Waals surface area contributed by atoms with E-state index in [-0.39, 0.29) is 29.6 Å². The van der Waals surface area contributed by atoms with Crippen molar-refractivity contribution in [2.75, 3.05) is 35.2 Å². The highest BCUT2D eigenvalue weighted by Gasteiger charge is 2.47. The smallest absolute Gasteiger partial charge is 0.351 e. The summed E-state index contributed by atoms with van der Waals surface area (Å²) in [5.74, 6) is 0.584. The largest absolute Gasteiger partial charge is 0.493 e. The number of ether oxygens (including phenoxy) is 7. The van der Waals surface area contributed by atoms with E-state index in [4.69, 9.17) is 37.6 Å². The molecule has 4 aromatic rings. The fourth-order valence-electron chi connectivity index (χ4n) is 6.00. The predicted octanol–water partition coefficient (Wildman–Crippen LogP) is 5.06. The summed E-state index contributed by atoms with van der Waals surface area (Å²) in [4.78, 5) is 26.7. The van der Waals surface area contributed by atoms with E-state index in [0.29, 0.717) is 51.3 Å². The summed E-state index contributed by atoms with van der Waals surface area (Å²) in [6.07, 6.45) is -1.01. The van der Waals surface area contributed by atoms with E-state index >= 15 is 0 Å². The topological polar surface area (TPSA) is 132 Å². The third-order valence-electron chi connectivity index (χ3n) is 8.44. The van der Waals surface area contributed by atoms with E-state index in [0.717, 1.165) is 5.56 Å². The Morgan fingerprint density at radius 1 is 0.932 bits per heavy atom. The molecule has 1 aliphatic carbocycles. The normalized spacial score (nSPS) is 20.2. The number of aliphatic hydroxyl groups is 1. The summed E-state index contributed by atoms with van der Waals surface area (Å²) in [6.45, 7) is 3.43. The van der Waals surface area contributed by atoms with Gasteiger partial charge < -0.3 is 42.7 Å². The summed E-state index contributed by atoms with van der Waals surface area (Å²) in [7, 11) is 5.92. The number of hydrogen-bond acceptors (Lipinski definition) is 11. The Labute approximate surface area is 252 Å². The van der Waals surface area contributed by atoms with Gasteiger partial charge in [0, 0.05) is 22.1 Å². The molecule has 2 heterocycles. The van der Waals surface area contributed by atoms with Gasteiger partial charge in [-0.1, -0.05) is 25.1 Å². The zero-order chi connectivity index (χ0) is 31.3. The van der Waals surface area contributed by atoms with Crippen LogP contribution in [0.1, 0.15) is 41.4 Å². The number of carbonyl (C=O) groups excluding carboxylic acids is 1. The Hall–Kier alpha value is -4.90. The molecule has 0 bridgehead atoms. The summed E-state index contributed by atoms with van der Waals surface area (Å²) >= 11 is 0. The highest BCUT2D eigenvalue weighted by molar-refractivity contribution is 5.94. The highest BCUT2D eigenvalue weighted by atomic mass is 16.7. The van der Waals surface area contributed by atoms with Crippen LogP contribution in [0.5, 0.6) is 34.5 Å². The molecule has 1 aliphatic heterocycles. The molecule has 44 heavy (non-hydrogen) atoms. The van der Waals surface area contributed by atoms with Crippen LogP contribution in [-0.2, 0) is 11.2 Å². The van der Waals surface area contributed by atoms with Gasteiger partial charge in [0.2, 0.25) is 18.3 Å². The lowest BCUT2D eigenvalue weighted by molar-refractivity contribution is -0.107. The molecule has 1 aromatic heterocycles. The average Bonchev–Trinajstić information content (AvgIpc) is 3.49. The van der Waals surface area contributed by atoms with Crippen LogP contribution in [0.25, 0.3) is 22.1 Å². The maximum Gasteiger partial charge on any atom is 0.351 e. The minimum atomic E-state index is -1.67. The summed E-state index contributed by atoms with van der Waals surface area (Å²) < 4.78 is 46.2. The Bertz CT molecular complexity index is 1840. The molecular formula is C33H32O11. The Balaban J connectivity index is 1.64. The number of methoxy groups -OCH3 is 4. The van der Waals surface area contributed by atoms with Crippen molar-refractivity contribution >= 4 is 16.9 Å². The van der Waals surface area contributed by atoms with Crippen LogP contribution in [0.4, 0.5) is 0 Å². The van der Waals surface area contributed by atoms with Gasteiger partial charge in [0.05, 0.1) is 28.4 Å². The van der Waals surface area contributed by atoms with Crippen molar-refractivity contribution in [3.63, 3.8) is 0 Å². The fraction of sp³-hybridized carbons (Fsp3) is 0.333. The quantitative estimate of drug-likeness (QED) is 0.234. The SMILES string of the molecule is COc1cc2c(c(OC)c1OC)-c1c(cc3c(c1OC)OCO3)C[C@H](C)[C@](C)(O)[C@H]2OC(=O)c1cc2ccccc2oc1=O. The van der Waals surface area contributed by atoms with E-state index in [9.17, 15) is 14.7 Å². The van der Waals surface area contributed by atoms with Crippen molar-refractivity contribution < 1.29 is 47.5 Å². The van der Waals surface area contributed by atoms with E-state index < -0.39 is 29.2 Å². The first-order valence-corrected chi connectivity index (χ1v) is 13.9. The van der Waals surface area contributed by atoms with Crippen LogP contribution in [0, 0.1) is 5.92 Å². The maximum atomic E-state index is 13.8. The van der Waals surface area contributed by atoms with Crippen LogP contribution < -0.4 is 34.0 Å². The van der Waals surface area contributed by atoms with Gasteiger partial charge in [-0.25, -0.2) is 9.59 Å². The first-order valence-electron chi connectivity index (χ1n) is 13.9. The van der Waals surface area contributed by atoms with Crippen molar-refractivity contribution in [1.29, 1.82) is 0 Å². The number of benzene rings is 3. The van der Waals surface area contributed by atoms with E-state index in [1.54, 1.807) is 37.3 Å². The van der Waals surface area contributed by atoms with Crippen molar-refractivity contribution in [1.82, 2.24) is 0 Å². The van der Waals surface area contributed by atoms with Gasteiger partial charge in [0.25, 0.3) is 0 Å². The number of carbonyl (C=O) groups is 1. The maximum absolute atomic E-state index is 13.8. The monoisotopic (exact) mass is 604 g/mol. The lowest BCUT2D eigenvalue weighted by Gasteiger charge is -2.41. The summed E-state index contributed by atoms with van der Waals surface area (Å²) in [5.41, 5.74) is -0.424. The van der Waals surface area contributed by atoms with Crippen LogP contribution in [-0.4, -0.2) is 51.9 Å². The van der Waals surface area contributed by atoms with E-state index in [1.807, 2.05) is 13.0 Å². The van der Waals surface area contributed by atoms with Crippen molar-refractivity contribution in [3.8, 4) is 45.6 Å². The first kappa shape index (κ1) is 29.2. The van der Waals surface area contributed by atoms with Gasteiger partial charge in [0.15, 0.2) is 29.1 Å². The molecule has 0 unspecified atom stereocenters. The second-order valence-corrected chi connectivity index (χ2v) is 10.9. The lowest BCUT2D eigenvalue weighted by Crippen LogP contribution is -2.44. The van der Waals surface area contributed by atoms with Crippen molar-refractivity contribution in [2.24, 2.45) is 5.92 Å². The predicted molar refractivity (Wildman–Crippen MR) is 158 cm³/mol. The minimum Gasteiger partial charge on any atom is -0.493 e. The number of rotatable bonds is 6. The lowest BCUT2D eigenvalue weighted by atomic mass is 9.73. The molecule has 2 aliphatic rings. The molecule has 11 nitrogen and oxygen atoms in total. The highest BCUT2D eigenvalue weighted by Crippen LogP contribution is 2.59. The van der Waals surface area contributed by atoms with Gasteiger partial charge >= 0.3 is 11.6 Å². The summed E-state index contributed by atoms with van der Waals surface area (Å²) in [5, 5.41) is 12.8. The average molecular weight is 605 g/mol. The van der Waals surface area contributed by atoms with Crippen LogP contribution in [0.2, 0.25) is 0 Å². The third kappa shape index (κ3) is 4.46. The van der Waals surface area contributed by atoms with Gasteiger partial charge in [-0.15, -0.1) is 0 Å². The molecular weight excluding hydrogens is 572 g/mol. The van der Waals surface area contributed by atoms with Crippen LogP contribution in [0.3, 0.4) is 0 Å². The van der Waals surface area contributed by atoms with Crippen molar-refractivity contribution in [3.05, 3.63) is 69.6 Å². The molecule has 0 spiro atoms. The zero-order valence-electron chi connectivity index (χ0n) is 25.1. The molecule has 6 rings (SSSR count). The molecule has 3 aromatic carbocycles. The zero-order valence-corrected chi connectivity index (χ0v) is 25.1. The molecule has 0 fully saturated rings. The Kier molecular flexibility index (Phi) is 7.28. The standard InChI is InChI=1S/C33H32O11/c1-16-11-18-13-23-27(42-15-41-23)28(39-5)24(18)25-19(14-22(37-3)26(38-4)29(25)40-6)30(33(16,2)36)44-32(35)20-12-17-9-7-8-10-21(17)43-31(20)34/h7-10,12-14,16,30,36H,11,15H2,1-6H3/t16-,30-,33-/m0/s1. The van der Waals surface area contributed by atoms with Gasteiger partial charge in [-0.2, -0.15) is 0 Å². The van der Waals surface area contributed by atoms with E-state index in [1.165, 1.54) is 34.5 Å². The second-order valence-electron chi connectivity index (χ2n) is 10.9. The fourth-order valence-corrected chi connectivity index (χ4v) is 6.00. The van der Waals surface area contributed by atoms with Crippen molar-refractivity contribution in [2.45, 2.75) is 32.0 Å². The number of para-hydroxylation sites is 1. The molecule has 230 valence electrons. The molecule has 0 saturated heterocycles. The molecule has 0 radical (unpaired) electrons. The van der Waals surface area contributed by atoms with E-state index in [2.05, 4.69) is 0 Å². The number of hydrogen-bond donors (Lipinski definition) is 1. The second kappa shape index (κ2) is 11.0. The first-order chi connectivity index (χ1) is 21.1. The third-order valence-corrected chi connectivity index (χ3v) is 8.44. The molecule has 0 amide bonds. The minimum absolute atomic E-state index is 0.00631. The number of fused-ring (bicyclic) bond motifs is 5.